The van der Waals surface area contributed by atoms with Crippen LogP contribution in [0.3, 0.4) is 0 Å². The zero-order valence-corrected chi connectivity index (χ0v) is 13.0. The van der Waals surface area contributed by atoms with E-state index >= 15 is 0 Å². The van der Waals surface area contributed by atoms with E-state index in [2.05, 4.69) is 12.2 Å². The number of piperidine rings is 1. The normalized spacial score (nSPS) is 19.3. The zero-order valence-electron chi connectivity index (χ0n) is 12.2. The van der Waals surface area contributed by atoms with Crippen LogP contribution in [0.4, 0.5) is 0 Å². The molecular formula is C14H27NO3S. The van der Waals surface area contributed by atoms with Gasteiger partial charge in [-0.25, -0.2) is 8.42 Å². The lowest BCUT2D eigenvalue weighted by atomic mass is 9.71. The average Bonchev–Trinajstić information content (AvgIpc) is 2.37. The summed E-state index contributed by atoms with van der Waals surface area (Å²) in [5.74, 6) is 0.386. The Hall–Kier alpha value is -0.420. The molecule has 5 heteroatoms. The topological polar surface area (TPSA) is 63.2 Å². The van der Waals surface area contributed by atoms with Gasteiger partial charge in [0.1, 0.15) is 5.78 Å². The highest BCUT2D eigenvalue weighted by molar-refractivity contribution is 7.91. The molecule has 0 aromatic heterocycles. The van der Waals surface area contributed by atoms with Crippen LogP contribution in [-0.2, 0) is 14.6 Å². The van der Waals surface area contributed by atoms with Gasteiger partial charge in [0, 0.05) is 17.6 Å². The van der Waals surface area contributed by atoms with Crippen molar-refractivity contribution in [2.24, 2.45) is 5.41 Å². The smallest absolute Gasteiger partial charge is 0.150 e. The SMILES string of the molecule is CCCC1(C(=O)CCS(=O)(=O)CCC)CCNCC1. The lowest BCUT2D eigenvalue weighted by molar-refractivity contribution is -0.130. The maximum absolute atomic E-state index is 12.5. The third-order valence-corrected chi connectivity index (χ3v) is 5.89. The maximum Gasteiger partial charge on any atom is 0.150 e. The number of rotatable bonds is 8. The van der Waals surface area contributed by atoms with Gasteiger partial charge in [0.15, 0.2) is 9.84 Å². The molecule has 0 atom stereocenters. The van der Waals surface area contributed by atoms with E-state index < -0.39 is 9.84 Å². The number of Topliss-reactive ketones (excluding diaryl/α,β-unsaturated/α-hetero) is 1. The highest BCUT2D eigenvalue weighted by Crippen LogP contribution is 2.36. The Morgan fingerprint density at radius 1 is 1.11 bits per heavy atom. The van der Waals surface area contributed by atoms with Crippen LogP contribution in [0.5, 0.6) is 0 Å². The van der Waals surface area contributed by atoms with Gasteiger partial charge in [0.2, 0.25) is 0 Å². The van der Waals surface area contributed by atoms with Crippen molar-refractivity contribution in [3.63, 3.8) is 0 Å². The summed E-state index contributed by atoms with van der Waals surface area (Å²) in [6.45, 7) is 5.68. The Morgan fingerprint density at radius 3 is 2.26 bits per heavy atom. The van der Waals surface area contributed by atoms with E-state index in [0.717, 1.165) is 38.8 Å². The van der Waals surface area contributed by atoms with Crippen molar-refractivity contribution in [2.45, 2.75) is 52.4 Å². The Bertz CT molecular complexity index is 378. The Kier molecular flexibility index (Phi) is 6.47. The number of sulfone groups is 1. The molecule has 1 fully saturated rings. The van der Waals surface area contributed by atoms with Crippen LogP contribution in [0, 0.1) is 5.41 Å². The minimum atomic E-state index is -3.04. The van der Waals surface area contributed by atoms with Gasteiger partial charge in [0.25, 0.3) is 0 Å². The first kappa shape index (κ1) is 16.6. The van der Waals surface area contributed by atoms with Gasteiger partial charge in [0.05, 0.1) is 5.75 Å². The molecule has 0 bridgehead atoms. The number of carbonyl (C=O) groups is 1. The molecule has 112 valence electrons. The van der Waals surface area contributed by atoms with Crippen LogP contribution in [0.25, 0.3) is 0 Å². The first-order valence-electron chi connectivity index (χ1n) is 7.40. The zero-order chi connectivity index (χ0) is 14.4. The van der Waals surface area contributed by atoms with Crippen molar-refractivity contribution in [3.8, 4) is 0 Å². The monoisotopic (exact) mass is 289 g/mol. The molecule has 19 heavy (non-hydrogen) atoms. The lowest BCUT2D eigenvalue weighted by Crippen LogP contribution is -2.42. The van der Waals surface area contributed by atoms with E-state index in [1.807, 2.05) is 6.92 Å². The summed E-state index contributed by atoms with van der Waals surface area (Å²) in [5.41, 5.74) is -0.262. The second kappa shape index (κ2) is 7.39. The fraction of sp³-hybridized carbons (Fsp3) is 0.929. The van der Waals surface area contributed by atoms with Crippen LogP contribution < -0.4 is 5.32 Å². The Labute approximate surface area is 117 Å². The first-order chi connectivity index (χ1) is 8.96. The summed E-state index contributed by atoms with van der Waals surface area (Å²) < 4.78 is 23.4. The van der Waals surface area contributed by atoms with Crippen molar-refractivity contribution in [1.82, 2.24) is 5.32 Å². The fourth-order valence-electron chi connectivity index (χ4n) is 2.98. The molecule has 0 radical (unpaired) electrons. The third kappa shape index (κ3) is 4.88. The van der Waals surface area contributed by atoms with Gasteiger partial charge in [-0.15, -0.1) is 0 Å². The predicted molar refractivity (Wildman–Crippen MR) is 78.0 cm³/mol. The summed E-state index contributed by atoms with van der Waals surface area (Å²) in [5, 5.41) is 3.27. The number of hydrogen-bond acceptors (Lipinski definition) is 4. The second-order valence-corrected chi connectivity index (χ2v) is 7.91. The molecule has 1 aliphatic rings. The molecular weight excluding hydrogens is 262 g/mol. The average molecular weight is 289 g/mol. The van der Waals surface area contributed by atoms with Crippen LogP contribution in [-0.4, -0.2) is 38.8 Å². The van der Waals surface area contributed by atoms with Gasteiger partial charge >= 0.3 is 0 Å². The van der Waals surface area contributed by atoms with Gasteiger partial charge < -0.3 is 5.32 Å². The van der Waals surface area contributed by atoms with Crippen molar-refractivity contribution < 1.29 is 13.2 Å². The highest BCUT2D eigenvalue weighted by atomic mass is 32.2. The molecule has 1 rings (SSSR count). The largest absolute Gasteiger partial charge is 0.317 e. The molecule has 1 heterocycles. The summed E-state index contributed by atoms with van der Waals surface area (Å²) >= 11 is 0. The van der Waals surface area contributed by atoms with Crippen LogP contribution in [0.2, 0.25) is 0 Å². The lowest BCUT2D eigenvalue weighted by Gasteiger charge is -2.36. The summed E-state index contributed by atoms with van der Waals surface area (Å²) in [4.78, 5) is 12.5. The predicted octanol–water partition coefficient (Wildman–Crippen LogP) is 1.94. The minimum absolute atomic E-state index is 0.0264. The number of ketones is 1. The van der Waals surface area contributed by atoms with Gasteiger partial charge in [-0.2, -0.15) is 0 Å². The molecule has 0 aromatic carbocycles. The van der Waals surface area contributed by atoms with Gasteiger partial charge in [-0.3, -0.25) is 4.79 Å². The van der Waals surface area contributed by atoms with Crippen molar-refractivity contribution in [2.75, 3.05) is 24.6 Å². The number of carbonyl (C=O) groups excluding carboxylic acids is 1. The maximum atomic E-state index is 12.5. The van der Waals surface area contributed by atoms with Crippen LogP contribution in [0.1, 0.15) is 52.4 Å². The Morgan fingerprint density at radius 2 is 1.74 bits per heavy atom. The molecule has 0 aliphatic carbocycles. The number of hydrogen-bond donors (Lipinski definition) is 1. The second-order valence-electron chi connectivity index (χ2n) is 5.61. The number of nitrogens with one attached hydrogen (secondary N) is 1. The van der Waals surface area contributed by atoms with E-state index in [1.165, 1.54) is 0 Å². The van der Waals surface area contributed by atoms with Crippen molar-refractivity contribution in [1.29, 1.82) is 0 Å². The summed E-state index contributed by atoms with van der Waals surface area (Å²) in [6.07, 6.45) is 4.40. The van der Waals surface area contributed by atoms with Crippen LogP contribution >= 0.6 is 0 Å². The molecule has 0 spiro atoms. The van der Waals surface area contributed by atoms with Gasteiger partial charge in [-0.05, 0) is 38.8 Å². The highest BCUT2D eigenvalue weighted by Gasteiger charge is 2.38. The van der Waals surface area contributed by atoms with Crippen molar-refractivity contribution >= 4 is 15.6 Å². The van der Waals surface area contributed by atoms with Crippen LogP contribution in [0.15, 0.2) is 0 Å². The standard InChI is InChI=1S/C14H27NO3S/c1-3-6-14(7-9-15-10-8-14)13(16)5-12-19(17,18)11-4-2/h15H,3-12H2,1-2H3. The third-order valence-electron chi connectivity index (χ3n) is 4.04. The molecule has 0 saturated carbocycles. The molecule has 0 aromatic rings. The van der Waals surface area contributed by atoms with Gasteiger partial charge in [-0.1, -0.05) is 20.3 Å². The fourth-order valence-corrected chi connectivity index (χ4v) is 4.30. The molecule has 1 saturated heterocycles. The summed E-state index contributed by atoms with van der Waals surface area (Å²) in [7, 11) is -3.04. The molecule has 1 N–H and O–H groups in total. The van der Waals surface area contributed by atoms with E-state index in [4.69, 9.17) is 0 Å². The van der Waals surface area contributed by atoms with E-state index in [-0.39, 0.29) is 29.1 Å². The van der Waals surface area contributed by atoms with E-state index in [9.17, 15) is 13.2 Å². The molecule has 1 aliphatic heterocycles. The summed E-state index contributed by atoms with van der Waals surface area (Å²) in [6, 6.07) is 0. The molecule has 0 unspecified atom stereocenters. The Balaban J connectivity index is 2.63. The minimum Gasteiger partial charge on any atom is -0.317 e. The quantitative estimate of drug-likeness (QED) is 0.742. The first-order valence-corrected chi connectivity index (χ1v) is 9.22. The molecule has 0 amide bonds. The van der Waals surface area contributed by atoms with E-state index in [0.29, 0.717) is 6.42 Å². The van der Waals surface area contributed by atoms with E-state index in [1.54, 1.807) is 0 Å². The van der Waals surface area contributed by atoms with Crippen molar-refractivity contribution in [3.05, 3.63) is 0 Å². The molecule has 4 nitrogen and oxygen atoms in total.